The van der Waals surface area contributed by atoms with Crippen molar-refractivity contribution in [3.8, 4) is 0 Å². The largest absolute Gasteiger partial charge is 0.355 e. The van der Waals surface area contributed by atoms with Crippen LogP contribution in [-0.4, -0.2) is 34.8 Å². The minimum absolute atomic E-state index is 0.125. The Morgan fingerprint density at radius 1 is 1.00 bits per heavy atom. The molecule has 2 amide bonds. The van der Waals surface area contributed by atoms with E-state index in [1.165, 1.54) is 31.2 Å². The molecular formula is C25H35N3O2. The van der Waals surface area contributed by atoms with Crippen molar-refractivity contribution in [2.45, 2.75) is 76.7 Å². The number of rotatable bonds is 5. The number of likely N-dealkylation sites (tertiary alicyclic amines) is 1. The van der Waals surface area contributed by atoms with Crippen LogP contribution in [0, 0.1) is 23.2 Å². The van der Waals surface area contributed by atoms with Crippen LogP contribution in [0.4, 0.5) is 0 Å². The van der Waals surface area contributed by atoms with E-state index in [4.69, 9.17) is 0 Å². The van der Waals surface area contributed by atoms with E-state index < -0.39 is 0 Å². The summed E-state index contributed by atoms with van der Waals surface area (Å²) >= 11 is 0. The smallest absolute Gasteiger partial charge is 0.226 e. The monoisotopic (exact) mass is 409 g/mol. The topological polar surface area (TPSA) is 62.3 Å². The Bertz CT molecular complexity index is 743. The summed E-state index contributed by atoms with van der Waals surface area (Å²) < 4.78 is 0. The third kappa shape index (κ3) is 3.88. The first-order valence-corrected chi connectivity index (χ1v) is 12.1. The summed E-state index contributed by atoms with van der Waals surface area (Å²) in [4.78, 5) is 32.5. The Hall–Kier alpha value is -1.91. The molecule has 6 rings (SSSR count). The maximum atomic E-state index is 13.2. The third-order valence-corrected chi connectivity index (χ3v) is 8.31. The zero-order valence-electron chi connectivity index (χ0n) is 18.0. The number of nitrogens with one attached hydrogen (secondary N) is 1. The van der Waals surface area contributed by atoms with Gasteiger partial charge in [-0.3, -0.25) is 14.6 Å². The molecular weight excluding hydrogens is 374 g/mol. The number of aromatic nitrogens is 1. The molecule has 0 spiro atoms. The highest BCUT2D eigenvalue weighted by molar-refractivity contribution is 5.84. The first kappa shape index (κ1) is 20.0. The van der Waals surface area contributed by atoms with Crippen LogP contribution in [0.3, 0.4) is 0 Å². The second kappa shape index (κ2) is 8.32. The van der Waals surface area contributed by atoms with Crippen LogP contribution < -0.4 is 5.32 Å². The highest BCUT2D eigenvalue weighted by Crippen LogP contribution is 2.60. The van der Waals surface area contributed by atoms with E-state index in [0.717, 1.165) is 62.8 Å². The Morgan fingerprint density at radius 2 is 1.67 bits per heavy atom. The molecule has 0 radical (unpaired) electrons. The predicted octanol–water partition coefficient (Wildman–Crippen LogP) is 4.25. The fourth-order valence-corrected chi connectivity index (χ4v) is 7.34. The van der Waals surface area contributed by atoms with Gasteiger partial charge in [0.15, 0.2) is 0 Å². The van der Waals surface area contributed by atoms with Gasteiger partial charge in [0.2, 0.25) is 11.8 Å². The van der Waals surface area contributed by atoms with Gasteiger partial charge in [0.25, 0.3) is 0 Å². The zero-order chi connectivity index (χ0) is 20.6. The van der Waals surface area contributed by atoms with E-state index in [1.54, 1.807) is 0 Å². The van der Waals surface area contributed by atoms with Crippen molar-refractivity contribution < 1.29 is 9.59 Å². The highest BCUT2D eigenvalue weighted by Gasteiger charge is 2.54. The molecule has 5 fully saturated rings. The normalized spacial score (nSPS) is 35.1. The molecule has 1 aromatic rings. The summed E-state index contributed by atoms with van der Waals surface area (Å²) in [6, 6.07) is 4.21. The Balaban J connectivity index is 1.19. The van der Waals surface area contributed by atoms with Gasteiger partial charge in [-0.1, -0.05) is 12.8 Å². The molecule has 0 aromatic carbocycles. The Labute approximate surface area is 180 Å². The molecule has 30 heavy (non-hydrogen) atoms. The number of hydrogen-bond donors (Lipinski definition) is 1. The van der Waals surface area contributed by atoms with Crippen molar-refractivity contribution in [2.24, 2.45) is 23.2 Å². The number of pyridine rings is 1. The van der Waals surface area contributed by atoms with Gasteiger partial charge in [-0.2, -0.15) is 0 Å². The minimum Gasteiger partial charge on any atom is -0.355 e. The molecule has 4 bridgehead atoms. The lowest BCUT2D eigenvalue weighted by Crippen LogP contribution is -2.53. The summed E-state index contributed by atoms with van der Waals surface area (Å²) in [6.45, 7) is 1.29. The van der Waals surface area contributed by atoms with Crippen LogP contribution >= 0.6 is 0 Å². The standard InChI is InChI=1S/C25H35N3O2/c29-23(28-11-3-1-2-4-22(28)21-5-8-26-9-6-21)7-10-27-24(30)25-15-18-12-19(16-25)14-20(13-18)17-25/h5-6,8-9,18-20,22H,1-4,7,10-17H2,(H,27,30). The molecule has 5 aliphatic rings. The van der Waals surface area contributed by atoms with Crippen molar-refractivity contribution in [2.75, 3.05) is 13.1 Å². The molecule has 1 unspecified atom stereocenters. The van der Waals surface area contributed by atoms with Gasteiger partial charge in [0.1, 0.15) is 0 Å². The summed E-state index contributed by atoms with van der Waals surface area (Å²) in [5.41, 5.74) is 1.05. The highest BCUT2D eigenvalue weighted by atomic mass is 16.2. The van der Waals surface area contributed by atoms with Gasteiger partial charge >= 0.3 is 0 Å². The van der Waals surface area contributed by atoms with Crippen LogP contribution in [-0.2, 0) is 9.59 Å². The van der Waals surface area contributed by atoms with E-state index in [-0.39, 0.29) is 23.3 Å². The lowest BCUT2D eigenvalue weighted by molar-refractivity contribution is -0.146. The van der Waals surface area contributed by atoms with E-state index in [2.05, 4.69) is 15.2 Å². The molecule has 1 atom stereocenters. The first-order valence-electron chi connectivity index (χ1n) is 12.1. The molecule has 4 aliphatic carbocycles. The van der Waals surface area contributed by atoms with Gasteiger partial charge in [0.05, 0.1) is 6.04 Å². The van der Waals surface area contributed by atoms with E-state index in [1.807, 2.05) is 24.5 Å². The summed E-state index contributed by atoms with van der Waals surface area (Å²) in [6.07, 6.45) is 15.7. The lowest BCUT2D eigenvalue weighted by Gasteiger charge is -2.55. The second-order valence-corrected chi connectivity index (χ2v) is 10.4. The molecule has 1 N–H and O–H groups in total. The van der Waals surface area contributed by atoms with Crippen molar-refractivity contribution in [1.29, 1.82) is 0 Å². The van der Waals surface area contributed by atoms with Gasteiger partial charge in [-0.05, 0) is 86.8 Å². The Kier molecular flexibility index (Phi) is 5.55. The van der Waals surface area contributed by atoms with E-state index in [9.17, 15) is 9.59 Å². The average molecular weight is 410 g/mol. The lowest BCUT2D eigenvalue weighted by atomic mass is 9.49. The summed E-state index contributed by atoms with van der Waals surface area (Å²) in [5, 5.41) is 3.18. The summed E-state index contributed by atoms with van der Waals surface area (Å²) in [5.74, 6) is 2.70. The van der Waals surface area contributed by atoms with E-state index >= 15 is 0 Å². The molecule has 4 saturated carbocycles. The van der Waals surface area contributed by atoms with Crippen LogP contribution in [0.15, 0.2) is 24.5 Å². The Morgan fingerprint density at radius 3 is 2.33 bits per heavy atom. The van der Waals surface area contributed by atoms with Crippen LogP contribution in [0.2, 0.25) is 0 Å². The quantitative estimate of drug-likeness (QED) is 0.791. The van der Waals surface area contributed by atoms with E-state index in [0.29, 0.717) is 13.0 Å². The zero-order valence-corrected chi connectivity index (χ0v) is 18.0. The van der Waals surface area contributed by atoms with Crippen molar-refractivity contribution in [3.05, 3.63) is 30.1 Å². The molecule has 162 valence electrons. The SMILES string of the molecule is O=C(CCNC(=O)C12CC3CC(CC(C3)C1)C2)N1CCCCCC1c1ccncc1. The number of hydrogen-bond acceptors (Lipinski definition) is 3. The fourth-order valence-electron chi connectivity index (χ4n) is 7.34. The average Bonchev–Trinajstić information content (AvgIpc) is 2.99. The van der Waals surface area contributed by atoms with Crippen LogP contribution in [0.25, 0.3) is 0 Å². The molecule has 5 heteroatoms. The van der Waals surface area contributed by atoms with Crippen molar-refractivity contribution >= 4 is 11.8 Å². The first-order chi connectivity index (χ1) is 14.6. The molecule has 1 saturated heterocycles. The number of amides is 2. The van der Waals surface area contributed by atoms with Crippen LogP contribution in [0.5, 0.6) is 0 Å². The number of carbonyl (C=O) groups is 2. The number of nitrogens with zero attached hydrogens (tertiary/aromatic N) is 2. The second-order valence-electron chi connectivity index (χ2n) is 10.4. The van der Waals surface area contributed by atoms with Gasteiger partial charge < -0.3 is 10.2 Å². The van der Waals surface area contributed by atoms with Gasteiger partial charge in [-0.25, -0.2) is 0 Å². The van der Waals surface area contributed by atoms with Crippen molar-refractivity contribution in [1.82, 2.24) is 15.2 Å². The number of carbonyl (C=O) groups excluding carboxylic acids is 2. The maximum absolute atomic E-state index is 13.2. The summed E-state index contributed by atoms with van der Waals surface area (Å²) in [7, 11) is 0. The maximum Gasteiger partial charge on any atom is 0.226 e. The van der Waals surface area contributed by atoms with Crippen molar-refractivity contribution in [3.63, 3.8) is 0 Å². The third-order valence-electron chi connectivity index (χ3n) is 8.31. The van der Waals surface area contributed by atoms with Gasteiger partial charge in [0, 0.05) is 37.3 Å². The molecule has 1 aliphatic heterocycles. The van der Waals surface area contributed by atoms with Gasteiger partial charge in [-0.15, -0.1) is 0 Å². The molecule has 5 nitrogen and oxygen atoms in total. The molecule has 2 heterocycles. The fraction of sp³-hybridized carbons (Fsp3) is 0.720. The van der Waals surface area contributed by atoms with Crippen LogP contribution in [0.1, 0.15) is 82.2 Å². The molecule has 1 aromatic heterocycles. The minimum atomic E-state index is -0.125. The predicted molar refractivity (Wildman–Crippen MR) is 115 cm³/mol.